The van der Waals surface area contributed by atoms with E-state index < -0.39 is 0 Å². The number of nitrogens with one attached hydrogen (secondary N) is 1. The van der Waals surface area contributed by atoms with Crippen molar-refractivity contribution in [3.8, 4) is 0 Å². The topological polar surface area (TPSA) is 28.7 Å². The maximum absolute atomic E-state index is 4.07. The van der Waals surface area contributed by atoms with Crippen LogP contribution in [0.5, 0.6) is 0 Å². The zero-order valence-corrected chi connectivity index (χ0v) is 6.79. The van der Waals surface area contributed by atoms with Gasteiger partial charge in [-0.1, -0.05) is 0 Å². The van der Waals surface area contributed by atoms with Crippen LogP contribution in [0.15, 0.2) is 16.2 Å². The molecule has 9 heavy (non-hydrogen) atoms. The number of thiophene rings is 1. The number of imidazole rings is 1. The zero-order valence-electron chi connectivity index (χ0n) is 4.39. The van der Waals surface area contributed by atoms with E-state index in [0.29, 0.717) is 0 Å². The molecule has 1 N–H and O–H groups in total. The molecule has 0 radical (unpaired) electrons. The summed E-state index contributed by atoms with van der Waals surface area (Å²) in [6.07, 6.45) is 1.70. The van der Waals surface area contributed by atoms with Gasteiger partial charge in [-0.2, -0.15) is 0 Å². The van der Waals surface area contributed by atoms with Crippen molar-refractivity contribution >= 4 is 37.6 Å². The largest absolute Gasteiger partial charge is 0.344 e. The number of rotatable bonds is 0. The molecule has 0 spiro atoms. The Labute approximate surface area is 64.0 Å². The molecule has 0 unspecified atom stereocenters. The Kier molecular flexibility index (Phi) is 1.10. The van der Waals surface area contributed by atoms with Crippen LogP contribution in [0.1, 0.15) is 0 Å². The molecule has 2 nitrogen and oxygen atoms in total. The third-order valence-corrected chi connectivity index (χ3v) is 2.63. The molecule has 0 atom stereocenters. The van der Waals surface area contributed by atoms with Gasteiger partial charge in [0.15, 0.2) is 0 Å². The van der Waals surface area contributed by atoms with E-state index in [1.807, 2.05) is 6.07 Å². The minimum absolute atomic E-state index is 1.06. The van der Waals surface area contributed by atoms with Crippen LogP contribution in [-0.4, -0.2) is 9.97 Å². The van der Waals surface area contributed by atoms with Crippen molar-refractivity contribution in [2.75, 3.05) is 0 Å². The Morgan fingerprint density at radius 1 is 1.67 bits per heavy atom. The molecule has 0 aliphatic rings. The monoisotopic (exact) mass is 202 g/mol. The van der Waals surface area contributed by atoms with E-state index in [-0.39, 0.29) is 0 Å². The van der Waals surface area contributed by atoms with Gasteiger partial charge in [-0.15, -0.1) is 11.3 Å². The van der Waals surface area contributed by atoms with E-state index in [1.165, 1.54) is 0 Å². The lowest BCUT2D eigenvalue weighted by atomic mass is 10.6. The quantitative estimate of drug-likeness (QED) is 0.699. The lowest BCUT2D eigenvalue weighted by Crippen LogP contribution is -1.51. The van der Waals surface area contributed by atoms with Gasteiger partial charge in [0.2, 0.25) is 0 Å². The Hall–Kier alpha value is -0.350. The predicted molar refractivity (Wildman–Crippen MR) is 41.7 cm³/mol. The molecule has 2 rings (SSSR count). The van der Waals surface area contributed by atoms with Gasteiger partial charge >= 0.3 is 0 Å². The summed E-state index contributed by atoms with van der Waals surface area (Å²) in [4.78, 5) is 8.14. The summed E-state index contributed by atoms with van der Waals surface area (Å²) in [5, 5.41) is 0. The van der Waals surface area contributed by atoms with Gasteiger partial charge in [0.25, 0.3) is 0 Å². The third kappa shape index (κ3) is 0.784. The first-order chi connectivity index (χ1) is 4.36. The van der Waals surface area contributed by atoms with E-state index >= 15 is 0 Å². The average molecular weight is 203 g/mol. The van der Waals surface area contributed by atoms with Gasteiger partial charge < -0.3 is 4.98 Å². The molecule has 4 heteroatoms. The van der Waals surface area contributed by atoms with E-state index in [1.54, 1.807) is 17.7 Å². The number of halogens is 1. The summed E-state index contributed by atoms with van der Waals surface area (Å²) in [6.45, 7) is 0. The zero-order chi connectivity index (χ0) is 6.27. The number of aromatic nitrogens is 2. The second-order valence-electron chi connectivity index (χ2n) is 1.67. The van der Waals surface area contributed by atoms with Crippen molar-refractivity contribution in [2.24, 2.45) is 0 Å². The molecule has 2 aromatic rings. The second kappa shape index (κ2) is 1.82. The fourth-order valence-electron chi connectivity index (χ4n) is 0.712. The smallest absolute Gasteiger partial charge is 0.142 e. The van der Waals surface area contributed by atoms with Gasteiger partial charge in [-0.05, 0) is 22.0 Å². The maximum atomic E-state index is 4.07. The Morgan fingerprint density at radius 2 is 2.56 bits per heavy atom. The van der Waals surface area contributed by atoms with E-state index in [2.05, 4.69) is 25.9 Å². The van der Waals surface area contributed by atoms with Gasteiger partial charge in [0.05, 0.1) is 15.6 Å². The van der Waals surface area contributed by atoms with Gasteiger partial charge in [0, 0.05) is 0 Å². The van der Waals surface area contributed by atoms with Crippen molar-refractivity contribution in [1.29, 1.82) is 0 Å². The molecule has 2 aromatic heterocycles. The van der Waals surface area contributed by atoms with Crippen LogP contribution in [0.2, 0.25) is 0 Å². The summed E-state index contributed by atoms with van der Waals surface area (Å²) in [7, 11) is 0. The third-order valence-electron chi connectivity index (χ3n) is 1.08. The highest BCUT2D eigenvalue weighted by molar-refractivity contribution is 9.11. The first kappa shape index (κ1) is 5.44. The fourth-order valence-corrected chi connectivity index (χ4v) is 2.10. The van der Waals surface area contributed by atoms with Crippen LogP contribution >= 0.6 is 27.3 Å². The summed E-state index contributed by atoms with van der Waals surface area (Å²) < 4.78 is 1.12. The van der Waals surface area contributed by atoms with Crippen LogP contribution < -0.4 is 0 Å². The molecule has 0 saturated carbocycles. The van der Waals surface area contributed by atoms with Crippen LogP contribution in [0.25, 0.3) is 10.3 Å². The van der Waals surface area contributed by atoms with Crippen molar-refractivity contribution in [1.82, 2.24) is 9.97 Å². The fraction of sp³-hybridized carbons (Fsp3) is 0. The molecule has 0 bridgehead atoms. The Bertz CT molecular complexity index is 296. The lowest BCUT2D eigenvalue weighted by Gasteiger charge is -1.67. The number of fused-ring (bicyclic) bond motifs is 1. The molecular weight excluding hydrogens is 200 g/mol. The standard InChI is InChI=1S/C5H3BrN2S/c6-4-1-3-5(9-4)8-2-7-3/h1-2H,(H,7,8). The highest BCUT2D eigenvalue weighted by atomic mass is 79.9. The summed E-state index contributed by atoms with van der Waals surface area (Å²) in [6, 6.07) is 2.02. The molecule has 0 saturated heterocycles. The second-order valence-corrected chi connectivity index (χ2v) is 4.08. The molecule has 0 amide bonds. The molecule has 0 aliphatic heterocycles. The van der Waals surface area contributed by atoms with Crippen molar-refractivity contribution in [3.63, 3.8) is 0 Å². The van der Waals surface area contributed by atoms with Crippen molar-refractivity contribution in [3.05, 3.63) is 16.2 Å². The first-order valence-electron chi connectivity index (χ1n) is 2.45. The van der Waals surface area contributed by atoms with Crippen molar-refractivity contribution in [2.45, 2.75) is 0 Å². The Morgan fingerprint density at radius 3 is 3.33 bits per heavy atom. The number of aromatic amines is 1. The number of H-pyrrole nitrogens is 1. The molecule has 2 heterocycles. The van der Waals surface area contributed by atoms with Crippen LogP contribution in [0, 0.1) is 0 Å². The summed E-state index contributed by atoms with van der Waals surface area (Å²) >= 11 is 5.00. The van der Waals surface area contributed by atoms with Gasteiger partial charge in [0.1, 0.15) is 4.83 Å². The minimum atomic E-state index is 1.06. The maximum Gasteiger partial charge on any atom is 0.142 e. The van der Waals surface area contributed by atoms with Crippen LogP contribution in [0.4, 0.5) is 0 Å². The van der Waals surface area contributed by atoms with E-state index in [9.17, 15) is 0 Å². The predicted octanol–water partition coefficient (Wildman–Crippen LogP) is 2.39. The van der Waals surface area contributed by atoms with E-state index in [0.717, 1.165) is 14.1 Å². The van der Waals surface area contributed by atoms with Gasteiger partial charge in [-0.25, -0.2) is 4.98 Å². The van der Waals surface area contributed by atoms with E-state index in [4.69, 9.17) is 0 Å². The van der Waals surface area contributed by atoms with Crippen molar-refractivity contribution < 1.29 is 0 Å². The first-order valence-corrected chi connectivity index (χ1v) is 4.05. The molecule has 0 aliphatic carbocycles. The van der Waals surface area contributed by atoms with Crippen LogP contribution in [-0.2, 0) is 0 Å². The summed E-state index contributed by atoms with van der Waals surface area (Å²) in [5.41, 5.74) is 1.10. The number of hydrogen-bond donors (Lipinski definition) is 1. The summed E-state index contributed by atoms with van der Waals surface area (Å²) in [5.74, 6) is 0. The molecule has 46 valence electrons. The number of nitrogens with zero attached hydrogens (tertiary/aromatic N) is 1. The normalized spacial score (nSPS) is 10.8. The Balaban J connectivity index is 2.92. The molecule has 0 fully saturated rings. The average Bonchev–Trinajstić information content (AvgIpc) is 2.22. The highest BCUT2D eigenvalue weighted by Gasteiger charge is 1.98. The SMILES string of the molecule is Brc1cc2[nH]cnc2s1. The van der Waals surface area contributed by atoms with Crippen LogP contribution in [0.3, 0.4) is 0 Å². The minimum Gasteiger partial charge on any atom is -0.344 e. The lowest BCUT2D eigenvalue weighted by molar-refractivity contribution is 1.35. The highest BCUT2D eigenvalue weighted by Crippen LogP contribution is 2.26. The molecule has 0 aromatic carbocycles. The van der Waals surface area contributed by atoms with Gasteiger partial charge in [-0.3, -0.25) is 0 Å². The molecular formula is C5H3BrN2S. The number of hydrogen-bond acceptors (Lipinski definition) is 2.